The van der Waals surface area contributed by atoms with Crippen LogP contribution in [0.1, 0.15) is 21.7 Å². The zero-order valence-corrected chi connectivity index (χ0v) is 18.0. The number of hydrogen-bond acceptors (Lipinski definition) is 5. The topological polar surface area (TPSA) is 93.5 Å². The number of hydrogen-bond donors (Lipinski definition) is 1. The maximum atomic E-state index is 12.7. The van der Waals surface area contributed by atoms with Gasteiger partial charge < -0.3 is 10.1 Å². The minimum absolute atomic E-state index is 0.238. The van der Waals surface area contributed by atoms with Gasteiger partial charge in [0.15, 0.2) is 5.69 Å². The van der Waals surface area contributed by atoms with Crippen LogP contribution in [0.3, 0.4) is 0 Å². The van der Waals surface area contributed by atoms with Crippen LogP contribution >= 0.6 is 0 Å². The zero-order chi connectivity index (χ0) is 21.8. The molecule has 0 unspecified atom stereocenters. The molecule has 0 saturated carbocycles. The Morgan fingerprint density at radius 2 is 1.74 bits per heavy atom. The van der Waals surface area contributed by atoms with Crippen LogP contribution in [0, 0.1) is 6.92 Å². The summed E-state index contributed by atoms with van der Waals surface area (Å²) in [6.45, 7) is 3.69. The van der Waals surface area contributed by atoms with Crippen LogP contribution in [-0.4, -0.2) is 54.7 Å². The monoisotopic (exact) mass is 440 g/mol. The highest BCUT2D eigenvalue weighted by Crippen LogP contribution is 2.18. The van der Waals surface area contributed by atoms with Crippen LogP contribution in [0.25, 0.3) is 5.69 Å². The molecule has 8 nitrogen and oxygen atoms in total. The van der Waals surface area contributed by atoms with Crippen LogP contribution in [0.4, 0.5) is 0 Å². The molecule has 2 heterocycles. The van der Waals surface area contributed by atoms with E-state index in [-0.39, 0.29) is 17.3 Å². The molecule has 0 radical (unpaired) electrons. The number of nitrogens with zero attached hydrogens (tertiary/aromatic N) is 3. The van der Waals surface area contributed by atoms with Crippen molar-refractivity contribution in [2.75, 3.05) is 26.3 Å². The number of rotatable bonds is 6. The predicted octanol–water partition coefficient (Wildman–Crippen LogP) is 2.13. The van der Waals surface area contributed by atoms with Crippen LogP contribution in [0.15, 0.2) is 65.6 Å². The minimum Gasteiger partial charge on any atom is -0.379 e. The quantitative estimate of drug-likeness (QED) is 0.634. The van der Waals surface area contributed by atoms with Gasteiger partial charge in [0.1, 0.15) is 0 Å². The summed E-state index contributed by atoms with van der Waals surface area (Å²) in [5.41, 5.74) is 2.87. The highest BCUT2D eigenvalue weighted by molar-refractivity contribution is 7.89. The molecule has 4 rings (SSSR count). The average molecular weight is 441 g/mol. The number of nitrogens with one attached hydrogen (secondary N) is 1. The Balaban J connectivity index is 1.40. The predicted molar refractivity (Wildman–Crippen MR) is 115 cm³/mol. The summed E-state index contributed by atoms with van der Waals surface area (Å²) < 4.78 is 33.8. The molecule has 9 heteroatoms. The molecule has 0 aliphatic carbocycles. The zero-order valence-electron chi connectivity index (χ0n) is 17.2. The Labute approximate surface area is 181 Å². The number of para-hydroxylation sites is 1. The van der Waals surface area contributed by atoms with Crippen molar-refractivity contribution in [3.63, 3.8) is 0 Å². The molecule has 0 atom stereocenters. The van der Waals surface area contributed by atoms with Gasteiger partial charge >= 0.3 is 0 Å². The van der Waals surface area contributed by atoms with Gasteiger partial charge in [-0.3, -0.25) is 4.79 Å². The van der Waals surface area contributed by atoms with E-state index >= 15 is 0 Å². The summed E-state index contributed by atoms with van der Waals surface area (Å²) in [6, 6.07) is 17.9. The van der Waals surface area contributed by atoms with Crippen LogP contribution in [0.2, 0.25) is 0 Å². The Morgan fingerprint density at radius 3 is 2.42 bits per heavy atom. The van der Waals surface area contributed by atoms with Gasteiger partial charge in [0.2, 0.25) is 10.0 Å². The first-order valence-corrected chi connectivity index (χ1v) is 11.5. The Bertz CT molecular complexity index is 1150. The van der Waals surface area contributed by atoms with Crippen molar-refractivity contribution in [1.82, 2.24) is 19.4 Å². The lowest BCUT2D eigenvalue weighted by Gasteiger charge is -2.26. The Kier molecular flexibility index (Phi) is 6.17. The van der Waals surface area contributed by atoms with Gasteiger partial charge in [-0.25, -0.2) is 13.1 Å². The van der Waals surface area contributed by atoms with Crippen LogP contribution < -0.4 is 5.32 Å². The van der Waals surface area contributed by atoms with Gasteiger partial charge in [0.25, 0.3) is 5.91 Å². The second-order valence-electron chi connectivity index (χ2n) is 7.26. The average Bonchev–Trinajstić information content (AvgIpc) is 3.20. The highest BCUT2D eigenvalue weighted by atomic mass is 32.2. The summed E-state index contributed by atoms with van der Waals surface area (Å²) in [7, 11) is -3.53. The maximum Gasteiger partial charge on any atom is 0.272 e. The highest BCUT2D eigenvalue weighted by Gasteiger charge is 2.26. The third kappa shape index (κ3) is 4.68. The molecule has 1 saturated heterocycles. The van der Waals surface area contributed by atoms with E-state index < -0.39 is 10.0 Å². The normalized spacial score (nSPS) is 15.0. The molecular weight excluding hydrogens is 416 g/mol. The second kappa shape index (κ2) is 9.01. The number of morpholine rings is 1. The van der Waals surface area contributed by atoms with E-state index in [2.05, 4.69) is 10.4 Å². The number of ether oxygens (including phenoxy) is 1. The van der Waals surface area contributed by atoms with E-state index in [1.165, 1.54) is 4.31 Å². The second-order valence-corrected chi connectivity index (χ2v) is 9.20. The van der Waals surface area contributed by atoms with E-state index in [1.807, 2.05) is 37.3 Å². The van der Waals surface area contributed by atoms with Gasteiger partial charge in [-0.15, -0.1) is 0 Å². The lowest BCUT2D eigenvalue weighted by Crippen LogP contribution is -2.40. The first kappa shape index (κ1) is 21.2. The van der Waals surface area contributed by atoms with Crippen LogP contribution in [-0.2, 0) is 21.3 Å². The Morgan fingerprint density at radius 1 is 1.06 bits per heavy atom. The fourth-order valence-electron chi connectivity index (χ4n) is 3.40. The van der Waals surface area contributed by atoms with Crippen molar-refractivity contribution in [3.05, 3.63) is 77.6 Å². The molecule has 0 spiro atoms. The molecule has 0 bridgehead atoms. The molecule has 1 aliphatic rings. The first-order chi connectivity index (χ1) is 14.9. The summed E-state index contributed by atoms with van der Waals surface area (Å²) in [4.78, 5) is 12.8. The van der Waals surface area contributed by atoms with E-state index in [9.17, 15) is 13.2 Å². The van der Waals surface area contributed by atoms with Crippen molar-refractivity contribution in [3.8, 4) is 5.69 Å². The van der Waals surface area contributed by atoms with Crippen LogP contribution in [0.5, 0.6) is 0 Å². The first-order valence-electron chi connectivity index (χ1n) is 10.0. The molecule has 162 valence electrons. The minimum atomic E-state index is -3.53. The number of amides is 1. The molecule has 1 fully saturated rings. The van der Waals surface area contributed by atoms with Gasteiger partial charge in [-0.2, -0.15) is 9.40 Å². The molecular formula is C22H24N4O4S. The fraction of sp³-hybridized carbons (Fsp3) is 0.273. The van der Waals surface area contributed by atoms with E-state index in [4.69, 9.17) is 4.74 Å². The number of aryl methyl sites for hydroxylation is 1. The third-order valence-corrected chi connectivity index (χ3v) is 7.02. The SMILES string of the molecule is Cc1cc(C(=O)NCc2ccc(S(=O)(=O)N3CCOCC3)cc2)nn1-c1ccccc1. The molecule has 1 N–H and O–H groups in total. The fourth-order valence-corrected chi connectivity index (χ4v) is 4.81. The molecule has 3 aromatic rings. The number of benzene rings is 2. The van der Waals surface area contributed by atoms with Gasteiger partial charge in [-0.1, -0.05) is 30.3 Å². The largest absolute Gasteiger partial charge is 0.379 e. The Hall–Kier alpha value is -3.01. The smallest absolute Gasteiger partial charge is 0.272 e. The standard InChI is InChI=1S/C22H24N4O4S/c1-17-15-21(24-26(17)19-5-3-2-4-6-19)22(27)23-16-18-7-9-20(10-8-18)31(28,29)25-11-13-30-14-12-25/h2-10,15H,11-14,16H2,1H3,(H,23,27). The summed E-state index contributed by atoms with van der Waals surface area (Å²) in [5.74, 6) is -0.289. The van der Waals surface area contributed by atoms with Gasteiger partial charge in [0.05, 0.1) is 23.8 Å². The van der Waals surface area contributed by atoms with Crippen molar-refractivity contribution in [2.45, 2.75) is 18.4 Å². The maximum absolute atomic E-state index is 12.7. The molecule has 1 amide bonds. The van der Waals surface area contributed by atoms with Crippen molar-refractivity contribution >= 4 is 15.9 Å². The van der Waals surface area contributed by atoms with E-state index in [0.717, 1.165) is 16.9 Å². The van der Waals surface area contributed by atoms with Gasteiger partial charge in [-0.05, 0) is 42.8 Å². The van der Waals surface area contributed by atoms with E-state index in [1.54, 1.807) is 35.0 Å². The summed E-state index contributed by atoms with van der Waals surface area (Å²) >= 11 is 0. The lowest BCUT2D eigenvalue weighted by molar-refractivity contribution is 0.0730. The lowest BCUT2D eigenvalue weighted by atomic mass is 10.2. The molecule has 31 heavy (non-hydrogen) atoms. The van der Waals surface area contributed by atoms with Gasteiger partial charge in [0, 0.05) is 25.3 Å². The summed E-state index contributed by atoms with van der Waals surface area (Å²) in [5, 5.41) is 7.24. The molecule has 1 aliphatic heterocycles. The van der Waals surface area contributed by atoms with Crippen molar-refractivity contribution in [2.24, 2.45) is 0 Å². The number of carbonyl (C=O) groups is 1. The third-order valence-electron chi connectivity index (χ3n) is 5.11. The van der Waals surface area contributed by atoms with Crippen molar-refractivity contribution < 1.29 is 17.9 Å². The number of sulfonamides is 1. The summed E-state index contributed by atoms with van der Waals surface area (Å²) in [6.07, 6.45) is 0. The van der Waals surface area contributed by atoms with Crippen molar-refractivity contribution in [1.29, 1.82) is 0 Å². The molecule has 2 aromatic carbocycles. The molecule has 1 aromatic heterocycles. The van der Waals surface area contributed by atoms with E-state index in [0.29, 0.717) is 32.0 Å². The number of carbonyl (C=O) groups excluding carboxylic acids is 1. The number of aromatic nitrogens is 2.